The highest BCUT2D eigenvalue weighted by molar-refractivity contribution is 7.99. The normalized spacial score (nSPS) is 18.8. The fraction of sp³-hybridized carbons (Fsp3) is 0.556. The lowest BCUT2D eigenvalue weighted by Crippen LogP contribution is -2.17. The Labute approximate surface area is 165 Å². The molecular formula is C18H22N4O3S2. The molecule has 2 aliphatic rings. The number of hydrogen-bond acceptors (Lipinski definition) is 7. The van der Waals surface area contributed by atoms with Gasteiger partial charge in [-0.3, -0.25) is 9.89 Å². The summed E-state index contributed by atoms with van der Waals surface area (Å²) < 4.78 is 4.96. The van der Waals surface area contributed by atoms with Crippen molar-refractivity contribution in [3.05, 3.63) is 21.8 Å². The average molecular weight is 407 g/mol. The first-order valence-corrected chi connectivity index (χ1v) is 10.9. The number of H-pyrrole nitrogens is 1. The van der Waals surface area contributed by atoms with Crippen molar-refractivity contribution in [1.29, 1.82) is 0 Å². The van der Waals surface area contributed by atoms with Crippen LogP contribution in [0.5, 0.6) is 0 Å². The summed E-state index contributed by atoms with van der Waals surface area (Å²) in [5, 5.41) is 11.2. The topological polar surface area (TPSA) is 97.0 Å². The zero-order valence-electron chi connectivity index (χ0n) is 15.3. The third-order valence-corrected chi connectivity index (χ3v) is 6.95. The van der Waals surface area contributed by atoms with E-state index < -0.39 is 0 Å². The van der Waals surface area contributed by atoms with Crippen molar-refractivity contribution in [2.24, 2.45) is 5.92 Å². The molecule has 4 rings (SSSR count). The summed E-state index contributed by atoms with van der Waals surface area (Å²) in [6.45, 7) is 2.21. The number of aromatic nitrogens is 3. The number of nitrogens with one attached hydrogen (secondary N) is 2. The van der Waals surface area contributed by atoms with E-state index in [-0.39, 0.29) is 17.6 Å². The Morgan fingerprint density at radius 1 is 1.37 bits per heavy atom. The van der Waals surface area contributed by atoms with Gasteiger partial charge in [0.2, 0.25) is 11.1 Å². The highest BCUT2D eigenvalue weighted by Gasteiger charge is 2.29. The van der Waals surface area contributed by atoms with Crippen LogP contribution in [-0.2, 0) is 22.4 Å². The molecule has 1 unspecified atom stereocenters. The van der Waals surface area contributed by atoms with Gasteiger partial charge in [0.05, 0.1) is 18.4 Å². The number of carbonyl (C=O) groups excluding carboxylic acids is 2. The molecule has 9 heteroatoms. The van der Waals surface area contributed by atoms with Crippen LogP contribution in [0.25, 0.3) is 0 Å². The minimum atomic E-state index is -0.381. The zero-order chi connectivity index (χ0) is 19.0. The SMILES string of the molecule is COC(=O)c1c(NC(=O)CSc2n[nH]c(C3CC3)n2)sc2c1CCC(C)C2. The highest BCUT2D eigenvalue weighted by atomic mass is 32.2. The zero-order valence-corrected chi connectivity index (χ0v) is 17.0. The number of fused-ring (bicyclic) bond motifs is 1. The molecule has 0 radical (unpaired) electrons. The average Bonchev–Trinajstić information content (AvgIpc) is 3.29. The van der Waals surface area contributed by atoms with Gasteiger partial charge >= 0.3 is 5.97 Å². The van der Waals surface area contributed by atoms with E-state index >= 15 is 0 Å². The van der Waals surface area contributed by atoms with Crippen molar-refractivity contribution >= 4 is 40.0 Å². The number of amides is 1. The lowest BCUT2D eigenvalue weighted by Gasteiger charge is -2.18. The molecule has 0 aliphatic heterocycles. The number of rotatable bonds is 6. The summed E-state index contributed by atoms with van der Waals surface area (Å²) in [6.07, 6.45) is 5.14. The van der Waals surface area contributed by atoms with Crippen LogP contribution in [0, 0.1) is 5.92 Å². The quantitative estimate of drug-likeness (QED) is 0.564. The minimum Gasteiger partial charge on any atom is -0.465 e. The monoisotopic (exact) mass is 406 g/mol. The molecule has 2 aromatic rings. The maximum Gasteiger partial charge on any atom is 0.341 e. The Balaban J connectivity index is 1.44. The van der Waals surface area contributed by atoms with Gasteiger partial charge in [-0.05, 0) is 43.6 Å². The lowest BCUT2D eigenvalue weighted by atomic mass is 9.88. The predicted octanol–water partition coefficient (Wildman–Crippen LogP) is 3.39. The molecule has 1 atom stereocenters. The van der Waals surface area contributed by atoms with Crippen LogP contribution >= 0.6 is 23.1 Å². The Morgan fingerprint density at radius 2 is 2.19 bits per heavy atom. The molecule has 0 spiro atoms. The van der Waals surface area contributed by atoms with E-state index in [0.717, 1.165) is 43.5 Å². The first kappa shape index (κ1) is 18.5. The van der Waals surface area contributed by atoms with E-state index in [1.165, 1.54) is 35.1 Å². The molecule has 27 heavy (non-hydrogen) atoms. The van der Waals surface area contributed by atoms with Crippen molar-refractivity contribution < 1.29 is 14.3 Å². The van der Waals surface area contributed by atoms with Gasteiger partial charge in [-0.15, -0.1) is 16.4 Å². The smallest absolute Gasteiger partial charge is 0.341 e. The number of nitrogens with zero attached hydrogens (tertiary/aromatic N) is 2. The molecule has 0 aromatic carbocycles. The Kier molecular flexibility index (Phi) is 5.23. The van der Waals surface area contributed by atoms with Crippen LogP contribution in [0.4, 0.5) is 5.00 Å². The van der Waals surface area contributed by atoms with Crippen molar-refractivity contribution in [1.82, 2.24) is 15.2 Å². The number of hydrogen-bond donors (Lipinski definition) is 2. The van der Waals surface area contributed by atoms with Crippen molar-refractivity contribution in [2.75, 3.05) is 18.2 Å². The van der Waals surface area contributed by atoms with E-state index in [1.54, 1.807) is 0 Å². The van der Waals surface area contributed by atoms with Gasteiger partial charge in [0, 0.05) is 10.8 Å². The molecule has 2 heterocycles. The molecule has 1 amide bonds. The van der Waals surface area contributed by atoms with Crippen LogP contribution in [-0.4, -0.2) is 39.9 Å². The number of thiophene rings is 1. The van der Waals surface area contributed by atoms with Gasteiger partial charge in [0.1, 0.15) is 10.8 Å². The molecule has 2 aromatic heterocycles. The molecule has 0 saturated heterocycles. The Bertz CT molecular complexity index is 872. The molecule has 144 valence electrons. The third kappa shape index (κ3) is 4.03. The van der Waals surface area contributed by atoms with E-state index in [1.807, 2.05) is 0 Å². The Hall–Kier alpha value is -1.87. The molecule has 1 fully saturated rings. The number of carbonyl (C=O) groups is 2. The van der Waals surface area contributed by atoms with Gasteiger partial charge in [-0.25, -0.2) is 9.78 Å². The van der Waals surface area contributed by atoms with Crippen molar-refractivity contribution in [3.8, 4) is 0 Å². The summed E-state index contributed by atoms with van der Waals surface area (Å²) in [5.41, 5.74) is 1.56. The van der Waals surface area contributed by atoms with Crippen molar-refractivity contribution in [2.45, 2.75) is 50.1 Å². The van der Waals surface area contributed by atoms with Gasteiger partial charge in [-0.1, -0.05) is 18.7 Å². The number of methoxy groups -OCH3 is 1. The lowest BCUT2D eigenvalue weighted by molar-refractivity contribution is -0.113. The second-order valence-electron chi connectivity index (χ2n) is 7.16. The maximum atomic E-state index is 12.4. The van der Waals surface area contributed by atoms with E-state index in [9.17, 15) is 9.59 Å². The molecule has 0 bridgehead atoms. The van der Waals surface area contributed by atoms with Gasteiger partial charge in [0.25, 0.3) is 0 Å². The van der Waals surface area contributed by atoms with E-state index in [2.05, 4.69) is 27.4 Å². The van der Waals surface area contributed by atoms with Crippen LogP contribution < -0.4 is 5.32 Å². The van der Waals surface area contributed by atoms with Crippen LogP contribution in [0.3, 0.4) is 0 Å². The first-order chi connectivity index (χ1) is 13.0. The predicted molar refractivity (Wildman–Crippen MR) is 105 cm³/mol. The molecule has 1 saturated carbocycles. The largest absolute Gasteiger partial charge is 0.465 e. The number of anilines is 1. The van der Waals surface area contributed by atoms with Crippen LogP contribution in [0.15, 0.2) is 5.16 Å². The highest BCUT2D eigenvalue weighted by Crippen LogP contribution is 2.40. The molecule has 2 aliphatic carbocycles. The summed E-state index contributed by atoms with van der Waals surface area (Å²) >= 11 is 2.79. The van der Waals surface area contributed by atoms with Gasteiger partial charge in [-0.2, -0.15) is 0 Å². The van der Waals surface area contributed by atoms with Crippen LogP contribution in [0.1, 0.15) is 58.7 Å². The van der Waals surface area contributed by atoms with Crippen LogP contribution in [0.2, 0.25) is 0 Å². The second-order valence-corrected chi connectivity index (χ2v) is 9.21. The molecular weight excluding hydrogens is 384 g/mol. The maximum absolute atomic E-state index is 12.4. The fourth-order valence-corrected chi connectivity index (χ4v) is 5.33. The minimum absolute atomic E-state index is 0.172. The summed E-state index contributed by atoms with van der Waals surface area (Å²) in [6, 6.07) is 0. The van der Waals surface area contributed by atoms with Crippen molar-refractivity contribution in [3.63, 3.8) is 0 Å². The number of aromatic amines is 1. The van der Waals surface area contributed by atoms with Gasteiger partial charge in [0.15, 0.2) is 0 Å². The first-order valence-electron chi connectivity index (χ1n) is 9.13. The second kappa shape index (κ2) is 7.63. The van der Waals surface area contributed by atoms with Gasteiger partial charge < -0.3 is 10.1 Å². The number of ether oxygens (including phenoxy) is 1. The molecule has 7 nitrogen and oxygen atoms in total. The standard InChI is InChI=1S/C18H22N4O3S2/c1-9-3-6-11-12(7-9)27-16(14(11)17(24)25-2)19-13(23)8-26-18-20-15(21-22-18)10-4-5-10/h9-10H,3-8H2,1-2H3,(H,19,23)(H,20,21,22). The number of esters is 1. The van der Waals surface area contributed by atoms with E-state index in [0.29, 0.717) is 27.6 Å². The molecule has 2 N–H and O–H groups in total. The van der Waals surface area contributed by atoms with E-state index in [4.69, 9.17) is 4.74 Å². The summed E-state index contributed by atoms with van der Waals surface area (Å²) in [4.78, 5) is 30.3. The Morgan fingerprint density at radius 3 is 2.93 bits per heavy atom. The number of thioether (sulfide) groups is 1. The summed E-state index contributed by atoms with van der Waals surface area (Å²) in [5.74, 6) is 1.64. The third-order valence-electron chi connectivity index (χ3n) is 4.93. The summed E-state index contributed by atoms with van der Waals surface area (Å²) in [7, 11) is 1.37. The fourth-order valence-electron chi connectivity index (χ4n) is 3.31.